The van der Waals surface area contributed by atoms with Gasteiger partial charge in [-0.2, -0.15) is 13.2 Å². The molecule has 1 aromatic heterocycles. The van der Waals surface area contributed by atoms with Crippen LogP contribution in [0.4, 0.5) is 13.2 Å². The zero-order valence-electron chi connectivity index (χ0n) is 17.0. The maximum atomic E-state index is 13.5. The highest BCUT2D eigenvalue weighted by atomic mass is 35.5. The molecule has 3 nitrogen and oxygen atoms in total. The Balaban J connectivity index is 1.63. The number of nitrogens with zero attached hydrogens (tertiary/aromatic N) is 1. The molecule has 1 N–H and O–H groups in total. The van der Waals surface area contributed by atoms with Crippen LogP contribution in [-0.2, 0) is 12.6 Å². The summed E-state index contributed by atoms with van der Waals surface area (Å²) in [6.45, 7) is 0.410. The van der Waals surface area contributed by atoms with Gasteiger partial charge < -0.3 is 9.88 Å². The molecule has 1 aliphatic heterocycles. The fourth-order valence-corrected chi connectivity index (χ4v) is 4.80. The van der Waals surface area contributed by atoms with Crippen LogP contribution >= 0.6 is 11.6 Å². The molecule has 2 heterocycles. The Morgan fingerprint density at radius 1 is 1.06 bits per heavy atom. The van der Waals surface area contributed by atoms with E-state index in [0.29, 0.717) is 18.0 Å². The lowest BCUT2D eigenvalue weighted by atomic mass is 9.91. The largest absolute Gasteiger partial charge is 0.416 e. The van der Waals surface area contributed by atoms with Gasteiger partial charge in [0.25, 0.3) is 5.91 Å². The normalized spacial score (nSPS) is 17.8. The first-order valence-corrected chi connectivity index (χ1v) is 10.9. The third-order valence-electron chi connectivity index (χ3n) is 6.14. The fourth-order valence-electron chi connectivity index (χ4n) is 4.67. The van der Waals surface area contributed by atoms with E-state index in [1.54, 1.807) is 17.0 Å². The highest BCUT2D eigenvalue weighted by Crippen LogP contribution is 2.35. The van der Waals surface area contributed by atoms with Gasteiger partial charge in [0.1, 0.15) is 0 Å². The standard InChI is InChI=1S/C25H20ClF3N2O/c26-18-10-8-15(9-11-18)23-22-20(19-6-1-2-7-21(19)30-22)12-13-31(23)24(32)16-4-3-5-17(14-16)25(27,28)29/h3-11,14,23,30H,1-2,12-13H2. The predicted molar refractivity (Wildman–Crippen MR) is 118 cm³/mol. The third-order valence-corrected chi connectivity index (χ3v) is 6.40. The number of carbonyl (C=O) groups is 1. The van der Waals surface area contributed by atoms with Gasteiger partial charge in [0.05, 0.1) is 11.6 Å². The minimum absolute atomic E-state index is 0.0247. The molecule has 5 rings (SSSR count). The summed E-state index contributed by atoms with van der Waals surface area (Å²) in [6.07, 6.45) is 2.42. The smallest absolute Gasteiger partial charge is 0.356 e. The zero-order chi connectivity index (χ0) is 22.5. The molecule has 1 unspecified atom stereocenters. The van der Waals surface area contributed by atoms with E-state index in [1.807, 2.05) is 12.1 Å². The molecule has 3 aromatic rings. The molecular weight excluding hydrogens is 437 g/mol. The van der Waals surface area contributed by atoms with E-state index < -0.39 is 23.7 Å². The molecule has 0 saturated carbocycles. The van der Waals surface area contributed by atoms with Crippen LogP contribution in [0.15, 0.2) is 48.5 Å². The molecule has 0 bridgehead atoms. The maximum absolute atomic E-state index is 13.5. The lowest BCUT2D eigenvalue weighted by Crippen LogP contribution is -2.41. The highest BCUT2D eigenvalue weighted by Gasteiger charge is 2.36. The summed E-state index contributed by atoms with van der Waals surface area (Å²) in [6, 6.07) is 11.4. The summed E-state index contributed by atoms with van der Waals surface area (Å²) in [4.78, 5) is 18.6. The predicted octanol–water partition coefficient (Wildman–Crippen LogP) is 4.83. The van der Waals surface area contributed by atoms with E-state index in [4.69, 9.17) is 11.6 Å². The molecule has 1 aliphatic carbocycles. The second-order valence-electron chi connectivity index (χ2n) is 8.11. The first-order chi connectivity index (χ1) is 15.3. The lowest BCUT2D eigenvalue weighted by Gasteiger charge is -2.36. The van der Waals surface area contributed by atoms with Crippen LogP contribution in [-0.4, -0.2) is 22.3 Å². The van der Waals surface area contributed by atoms with Crippen LogP contribution in [0.3, 0.4) is 0 Å². The van der Waals surface area contributed by atoms with E-state index in [0.717, 1.165) is 41.6 Å². The number of carbonyl (C=O) groups excluding carboxylic acids is 1. The number of alkyl halides is 3. The monoisotopic (exact) mass is 456 g/mol. The fraction of sp³-hybridized carbons (Fsp3) is 0.240. The van der Waals surface area contributed by atoms with Crippen LogP contribution in [0.1, 0.15) is 51.6 Å². The molecule has 0 saturated heterocycles. The van der Waals surface area contributed by atoms with E-state index in [1.165, 1.54) is 22.9 Å². The average molecular weight is 457 g/mol. The molecule has 0 spiro atoms. The maximum Gasteiger partial charge on any atom is 0.416 e. The summed E-state index contributed by atoms with van der Waals surface area (Å²) < 4.78 is 39.7. The van der Waals surface area contributed by atoms with Gasteiger partial charge in [0.2, 0.25) is 0 Å². The van der Waals surface area contributed by atoms with Crippen LogP contribution in [0.25, 0.3) is 12.2 Å². The Kier molecular flexibility index (Phi) is 5.13. The second-order valence-corrected chi connectivity index (χ2v) is 8.55. The van der Waals surface area contributed by atoms with Gasteiger partial charge >= 0.3 is 6.18 Å². The van der Waals surface area contributed by atoms with E-state index in [-0.39, 0.29) is 5.56 Å². The van der Waals surface area contributed by atoms with Crippen molar-refractivity contribution < 1.29 is 18.0 Å². The number of halogens is 4. The summed E-state index contributed by atoms with van der Waals surface area (Å²) >= 11 is 6.08. The van der Waals surface area contributed by atoms with Crippen molar-refractivity contribution in [1.29, 1.82) is 0 Å². The quantitative estimate of drug-likeness (QED) is 0.589. The average Bonchev–Trinajstić information content (AvgIpc) is 3.17. The lowest BCUT2D eigenvalue weighted by molar-refractivity contribution is -0.137. The molecule has 32 heavy (non-hydrogen) atoms. The number of amides is 1. The van der Waals surface area contributed by atoms with Crippen LogP contribution in [0.2, 0.25) is 5.02 Å². The number of rotatable bonds is 2. The van der Waals surface area contributed by atoms with Crippen LogP contribution in [0.5, 0.6) is 0 Å². The van der Waals surface area contributed by atoms with Crippen molar-refractivity contribution in [2.45, 2.75) is 31.5 Å². The Morgan fingerprint density at radius 2 is 1.81 bits per heavy atom. The molecule has 2 aromatic carbocycles. The van der Waals surface area contributed by atoms with Gasteiger partial charge in [-0.25, -0.2) is 0 Å². The van der Waals surface area contributed by atoms with Gasteiger partial charge in [-0.3, -0.25) is 4.79 Å². The number of H-pyrrole nitrogens is 1. The molecule has 1 atom stereocenters. The van der Waals surface area contributed by atoms with E-state index >= 15 is 0 Å². The topological polar surface area (TPSA) is 36.1 Å². The second kappa shape index (κ2) is 7.85. The van der Waals surface area contributed by atoms with Gasteiger partial charge in [-0.15, -0.1) is 0 Å². The first-order valence-electron chi connectivity index (χ1n) is 10.5. The minimum Gasteiger partial charge on any atom is -0.356 e. The number of nitrogens with one attached hydrogen (secondary N) is 1. The Morgan fingerprint density at radius 3 is 2.56 bits per heavy atom. The molecular formula is C25H20ClF3N2O. The van der Waals surface area contributed by atoms with Crippen molar-refractivity contribution in [2.24, 2.45) is 0 Å². The summed E-state index contributed by atoms with van der Waals surface area (Å²) in [5.74, 6) is -0.428. The van der Waals surface area contributed by atoms with Gasteiger partial charge in [-0.05, 0) is 65.9 Å². The number of aromatic nitrogens is 1. The zero-order valence-corrected chi connectivity index (χ0v) is 17.8. The molecule has 7 heteroatoms. The van der Waals surface area contributed by atoms with Crippen molar-refractivity contribution in [3.63, 3.8) is 0 Å². The summed E-state index contributed by atoms with van der Waals surface area (Å²) in [7, 11) is 0. The number of hydrogen-bond donors (Lipinski definition) is 1. The highest BCUT2D eigenvalue weighted by molar-refractivity contribution is 6.30. The molecule has 0 radical (unpaired) electrons. The van der Waals surface area contributed by atoms with Gasteiger partial charge in [0.15, 0.2) is 0 Å². The van der Waals surface area contributed by atoms with Crippen molar-refractivity contribution in [2.75, 3.05) is 6.54 Å². The molecule has 164 valence electrons. The minimum atomic E-state index is -4.51. The third kappa shape index (κ3) is 3.62. The summed E-state index contributed by atoms with van der Waals surface area (Å²) in [5.41, 5.74) is 2.14. The molecule has 1 amide bonds. The summed E-state index contributed by atoms with van der Waals surface area (Å²) in [5, 5.41) is 2.80. The van der Waals surface area contributed by atoms with Crippen LogP contribution in [0, 0.1) is 0 Å². The van der Waals surface area contributed by atoms with E-state index in [2.05, 4.69) is 17.1 Å². The number of aromatic amines is 1. The number of fused-ring (bicyclic) bond motifs is 3. The van der Waals surface area contributed by atoms with Gasteiger partial charge in [-0.1, -0.05) is 42.0 Å². The SMILES string of the molecule is O=C(c1cccc(C(F)(F)F)c1)N1CCc2c([nH]c3c2=CCCC=3)C1c1ccc(Cl)cc1. The van der Waals surface area contributed by atoms with Crippen molar-refractivity contribution in [1.82, 2.24) is 9.88 Å². The van der Waals surface area contributed by atoms with Crippen molar-refractivity contribution in [3.8, 4) is 0 Å². The molecule has 2 aliphatic rings. The molecule has 0 fully saturated rings. The Labute approximate surface area is 187 Å². The Hall–Kier alpha value is -2.99. The number of benzene rings is 2. The van der Waals surface area contributed by atoms with Crippen LogP contribution < -0.4 is 10.6 Å². The van der Waals surface area contributed by atoms with Crippen molar-refractivity contribution in [3.05, 3.63) is 92.1 Å². The van der Waals surface area contributed by atoms with Crippen molar-refractivity contribution >= 4 is 29.7 Å². The van der Waals surface area contributed by atoms with E-state index in [9.17, 15) is 18.0 Å². The first kappa shape index (κ1) is 20.9. The van der Waals surface area contributed by atoms with Gasteiger partial charge in [0, 0.05) is 28.2 Å². The number of hydrogen-bond acceptors (Lipinski definition) is 1. The Bertz CT molecular complexity index is 1310.